The van der Waals surface area contributed by atoms with Crippen LogP contribution in [0.4, 0.5) is 5.69 Å². The van der Waals surface area contributed by atoms with Gasteiger partial charge in [-0.3, -0.25) is 9.59 Å². The van der Waals surface area contributed by atoms with Crippen LogP contribution in [0.2, 0.25) is 0 Å². The molecule has 2 N–H and O–H groups in total. The van der Waals surface area contributed by atoms with E-state index in [1.807, 2.05) is 18.2 Å². The third-order valence-electron chi connectivity index (χ3n) is 4.82. The van der Waals surface area contributed by atoms with Crippen molar-refractivity contribution in [2.24, 2.45) is 5.41 Å². The van der Waals surface area contributed by atoms with Gasteiger partial charge in [0, 0.05) is 19.3 Å². The van der Waals surface area contributed by atoms with E-state index in [1.165, 1.54) is 0 Å². The van der Waals surface area contributed by atoms with Crippen molar-refractivity contribution in [3.05, 3.63) is 29.3 Å². The van der Waals surface area contributed by atoms with Crippen molar-refractivity contribution < 1.29 is 14.3 Å². The number of ether oxygens (including phenoxy) is 1. The van der Waals surface area contributed by atoms with E-state index >= 15 is 0 Å². The summed E-state index contributed by atoms with van der Waals surface area (Å²) in [6.07, 6.45) is 1.19. The maximum absolute atomic E-state index is 12.9. The number of anilines is 1. The predicted molar refractivity (Wildman–Crippen MR) is 99.8 cm³/mol. The van der Waals surface area contributed by atoms with Gasteiger partial charge in [-0.1, -0.05) is 45.9 Å². The van der Waals surface area contributed by atoms with Crippen LogP contribution in [0.15, 0.2) is 18.2 Å². The molecule has 1 aromatic carbocycles. The fraction of sp³-hybridized carbons (Fsp3) is 0.600. The van der Waals surface area contributed by atoms with Gasteiger partial charge in [0.05, 0.1) is 6.61 Å². The summed E-state index contributed by atoms with van der Waals surface area (Å²) in [4.78, 5) is 25.4. The van der Waals surface area contributed by atoms with Gasteiger partial charge >= 0.3 is 0 Å². The first kappa shape index (κ1) is 19.4. The number of carbonyl (C=O) groups is 2. The highest BCUT2D eigenvalue weighted by Crippen LogP contribution is 2.47. The molecule has 0 heterocycles. The molecule has 0 radical (unpaired) electrons. The van der Waals surface area contributed by atoms with Crippen LogP contribution in [0.3, 0.4) is 0 Å². The maximum Gasteiger partial charge on any atom is 0.240 e. The van der Waals surface area contributed by atoms with Gasteiger partial charge in [-0.05, 0) is 35.8 Å². The van der Waals surface area contributed by atoms with Gasteiger partial charge in [0.15, 0.2) is 0 Å². The minimum atomic E-state index is -0.925. The van der Waals surface area contributed by atoms with Crippen LogP contribution in [0.5, 0.6) is 0 Å². The lowest BCUT2D eigenvalue weighted by Gasteiger charge is -2.22. The van der Waals surface area contributed by atoms with Gasteiger partial charge in [-0.25, -0.2) is 0 Å². The molecule has 1 fully saturated rings. The lowest BCUT2D eigenvalue weighted by Crippen LogP contribution is -2.41. The lowest BCUT2D eigenvalue weighted by atomic mass is 9.92. The van der Waals surface area contributed by atoms with Crippen LogP contribution >= 0.6 is 0 Å². The van der Waals surface area contributed by atoms with E-state index in [2.05, 4.69) is 38.3 Å². The van der Waals surface area contributed by atoms with Crippen molar-refractivity contribution in [1.82, 2.24) is 5.32 Å². The van der Waals surface area contributed by atoms with E-state index in [1.54, 1.807) is 7.11 Å². The number of rotatable bonds is 8. The van der Waals surface area contributed by atoms with Gasteiger partial charge in [0.2, 0.25) is 11.8 Å². The fourth-order valence-corrected chi connectivity index (χ4v) is 3.05. The predicted octanol–water partition coefficient (Wildman–Crippen LogP) is 3.41. The van der Waals surface area contributed by atoms with E-state index in [4.69, 9.17) is 4.74 Å². The van der Waals surface area contributed by atoms with Crippen LogP contribution < -0.4 is 10.6 Å². The van der Waals surface area contributed by atoms with Crippen molar-refractivity contribution in [2.45, 2.75) is 52.4 Å². The Morgan fingerprint density at radius 2 is 1.64 bits per heavy atom. The maximum atomic E-state index is 12.9. The Balaban J connectivity index is 2.21. The highest BCUT2D eigenvalue weighted by Gasteiger charge is 2.56. The van der Waals surface area contributed by atoms with Crippen molar-refractivity contribution in [3.8, 4) is 0 Å². The van der Waals surface area contributed by atoms with E-state index in [9.17, 15) is 9.59 Å². The molecule has 0 spiro atoms. The lowest BCUT2D eigenvalue weighted by molar-refractivity contribution is -0.134. The van der Waals surface area contributed by atoms with Crippen LogP contribution in [0.25, 0.3) is 0 Å². The number of hydrogen-bond acceptors (Lipinski definition) is 3. The summed E-state index contributed by atoms with van der Waals surface area (Å²) in [6, 6.07) is 6.12. The van der Waals surface area contributed by atoms with Crippen molar-refractivity contribution in [1.29, 1.82) is 0 Å². The molecular formula is C20H30N2O3. The monoisotopic (exact) mass is 346 g/mol. The summed E-state index contributed by atoms with van der Waals surface area (Å²) in [5.41, 5.74) is 2.16. The Morgan fingerprint density at radius 1 is 1.08 bits per heavy atom. The van der Waals surface area contributed by atoms with Gasteiger partial charge < -0.3 is 15.4 Å². The molecule has 0 aromatic heterocycles. The van der Waals surface area contributed by atoms with Gasteiger partial charge in [0.1, 0.15) is 5.41 Å². The average Bonchev–Trinajstić information content (AvgIpc) is 3.36. The quantitative estimate of drug-likeness (QED) is 0.560. The summed E-state index contributed by atoms with van der Waals surface area (Å²) in [5, 5.41) is 5.89. The number of hydrogen-bond donors (Lipinski definition) is 2. The molecule has 1 aromatic rings. The van der Waals surface area contributed by atoms with Crippen LogP contribution in [-0.2, 0) is 14.3 Å². The Labute approximate surface area is 150 Å². The Kier molecular flexibility index (Phi) is 6.22. The second-order valence-corrected chi connectivity index (χ2v) is 7.41. The standard InChI is InChI=1S/C20H30N2O3/c1-13(2)15-7-6-8-16(14(3)4)17(15)22-19(24)20(9-10-20)18(23)21-11-12-25-5/h6-8,13-14H,9-12H2,1-5H3,(H,21,23)(H,22,24). The van der Waals surface area contributed by atoms with E-state index in [0.717, 1.165) is 16.8 Å². The molecule has 5 nitrogen and oxygen atoms in total. The Morgan fingerprint density at radius 3 is 2.08 bits per heavy atom. The minimum Gasteiger partial charge on any atom is -0.383 e. The van der Waals surface area contributed by atoms with Crippen molar-refractivity contribution in [3.63, 3.8) is 0 Å². The summed E-state index contributed by atoms with van der Waals surface area (Å²) in [6.45, 7) is 9.30. The second-order valence-electron chi connectivity index (χ2n) is 7.41. The number of carbonyl (C=O) groups excluding carboxylic acids is 2. The third-order valence-corrected chi connectivity index (χ3v) is 4.82. The molecule has 5 heteroatoms. The number of benzene rings is 1. The first-order valence-electron chi connectivity index (χ1n) is 9.05. The zero-order valence-corrected chi connectivity index (χ0v) is 15.9. The molecule has 138 valence electrons. The first-order chi connectivity index (χ1) is 11.8. The summed E-state index contributed by atoms with van der Waals surface area (Å²) in [7, 11) is 1.59. The molecular weight excluding hydrogens is 316 g/mol. The first-order valence-corrected chi connectivity index (χ1v) is 9.05. The summed E-state index contributed by atoms with van der Waals surface area (Å²) < 4.78 is 4.95. The van der Waals surface area contributed by atoms with E-state index in [0.29, 0.717) is 37.8 Å². The average molecular weight is 346 g/mol. The highest BCUT2D eigenvalue weighted by atomic mass is 16.5. The topological polar surface area (TPSA) is 67.4 Å². The molecule has 1 aliphatic rings. The van der Waals surface area contributed by atoms with Gasteiger partial charge in [-0.2, -0.15) is 0 Å². The zero-order chi connectivity index (χ0) is 18.6. The number of para-hydroxylation sites is 1. The molecule has 0 bridgehead atoms. The highest BCUT2D eigenvalue weighted by molar-refractivity contribution is 6.13. The van der Waals surface area contributed by atoms with Gasteiger partial charge in [0.25, 0.3) is 0 Å². The summed E-state index contributed by atoms with van der Waals surface area (Å²) >= 11 is 0. The molecule has 25 heavy (non-hydrogen) atoms. The summed E-state index contributed by atoms with van der Waals surface area (Å²) in [5.74, 6) is 0.187. The number of nitrogens with one attached hydrogen (secondary N) is 2. The van der Waals surface area contributed by atoms with Gasteiger partial charge in [-0.15, -0.1) is 0 Å². The Bertz CT molecular complexity index is 608. The molecule has 1 saturated carbocycles. The largest absolute Gasteiger partial charge is 0.383 e. The molecule has 0 saturated heterocycles. The number of amides is 2. The minimum absolute atomic E-state index is 0.197. The van der Waals surface area contributed by atoms with Crippen LogP contribution in [0.1, 0.15) is 63.5 Å². The Hall–Kier alpha value is -1.88. The number of methoxy groups -OCH3 is 1. The van der Waals surface area contributed by atoms with Crippen molar-refractivity contribution >= 4 is 17.5 Å². The van der Waals surface area contributed by atoms with E-state index in [-0.39, 0.29) is 11.8 Å². The van der Waals surface area contributed by atoms with E-state index < -0.39 is 5.41 Å². The van der Waals surface area contributed by atoms with Crippen molar-refractivity contribution in [2.75, 3.05) is 25.6 Å². The molecule has 0 unspecified atom stereocenters. The fourth-order valence-electron chi connectivity index (χ4n) is 3.05. The zero-order valence-electron chi connectivity index (χ0n) is 15.9. The molecule has 1 aliphatic carbocycles. The third kappa shape index (κ3) is 4.21. The molecule has 0 atom stereocenters. The normalized spacial score (nSPS) is 15.3. The molecule has 2 rings (SSSR count). The smallest absolute Gasteiger partial charge is 0.240 e. The van der Waals surface area contributed by atoms with Crippen LogP contribution in [-0.4, -0.2) is 32.1 Å². The molecule has 0 aliphatic heterocycles. The SMILES string of the molecule is COCCNC(=O)C1(C(=O)Nc2c(C(C)C)cccc2C(C)C)CC1. The second kappa shape index (κ2) is 8.00. The molecule has 2 amide bonds. The van der Waals surface area contributed by atoms with Crippen LogP contribution in [0, 0.1) is 5.41 Å².